The average molecular weight is 332 g/mol. The molecular formula is C10H15F3N2O5S. The third-order valence-corrected chi connectivity index (χ3v) is 4.59. The predicted molar refractivity (Wildman–Crippen MR) is 65.3 cm³/mol. The summed E-state index contributed by atoms with van der Waals surface area (Å²) in [4.78, 5) is 23.4. The Kier molecular flexibility index (Phi) is 5.56. The van der Waals surface area contributed by atoms with Gasteiger partial charge in [-0.05, 0) is 0 Å². The third kappa shape index (κ3) is 6.76. The first-order chi connectivity index (χ1) is 9.48. The third-order valence-electron chi connectivity index (χ3n) is 2.90. The normalized spacial score (nSPS) is 22.7. The van der Waals surface area contributed by atoms with Gasteiger partial charge in [0.25, 0.3) is 0 Å². The van der Waals surface area contributed by atoms with E-state index in [1.165, 1.54) is 4.90 Å². The summed E-state index contributed by atoms with van der Waals surface area (Å²) < 4.78 is 58.8. The quantitative estimate of drug-likeness (QED) is 0.686. The van der Waals surface area contributed by atoms with Crippen LogP contribution >= 0.6 is 0 Å². The number of halogens is 3. The number of nitrogens with one attached hydrogen (secondary N) is 1. The van der Waals surface area contributed by atoms with E-state index in [0.717, 1.165) is 0 Å². The lowest BCUT2D eigenvalue weighted by atomic mass is 10.2. The van der Waals surface area contributed by atoms with E-state index >= 15 is 0 Å². The average Bonchev–Trinajstić information content (AvgIpc) is 2.28. The van der Waals surface area contributed by atoms with E-state index in [2.05, 4.69) is 0 Å². The van der Waals surface area contributed by atoms with E-state index in [0.29, 0.717) is 0 Å². The Hall–Kier alpha value is -1.36. The van der Waals surface area contributed by atoms with E-state index in [1.807, 2.05) is 0 Å². The van der Waals surface area contributed by atoms with Gasteiger partial charge in [0.15, 0.2) is 9.84 Å². The Morgan fingerprint density at radius 1 is 1.33 bits per heavy atom. The van der Waals surface area contributed by atoms with Crippen LogP contribution in [0.4, 0.5) is 13.2 Å². The van der Waals surface area contributed by atoms with Gasteiger partial charge in [-0.15, -0.1) is 0 Å². The zero-order valence-corrected chi connectivity index (χ0v) is 11.7. The van der Waals surface area contributed by atoms with Crippen molar-refractivity contribution in [3.8, 4) is 0 Å². The number of nitrogens with zero attached hydrogens (tertiary/aromatic N) is 1. The number of hydrogen-bond acceptors (Lipinski definition) is 5. The number of carbonyl (C=O) groups excluding carboxylic acids is 1. The lowest BCUT2D eigenvalue weighted by molar-refractivity contribution is -0.140. The standard InChI is InChI=1S/C10H15F3N2O5S/c11-10(12,13)6-14-8(16)4-15-1-2-21(19,20)5-7(15)3-9(17)18/h7H,1-6H2,(H,14,16)(H,17,18). The fraction of sp³-hybridized carbons (Fsp3) is 0.800. The molecular weight excluding hydrogens is 317 g/mol. The second-order valence-corrected chi connectivity index (χ2v) is 6.96. The molecule has 11 heteroatoms. The minimum absolute atomic E-state index is 0.0836. The van der Waals surface area contributed by atoms with Gasteiger partial charge in [-0.3, -0.25) is 14.5 Å². The molecule has 0 aromatic rings. The Balaban J connectivity index is 2.62. The summed E-state index contributed by atoms with van der Waals surface area (Å²) in [7, 11) is -3.40. The molecule has 0 aromatic heterocycles. The van der Waals surface area contributed by atoms with Crippen molar-refractivity contribution in [2.45, 2.75) is 18.6 Å². The van der Waals surface area contributed by atoms with Crippen LogP contribution in [0.25, 0.3) is 0 Å². The number of carbonyl (C=O) groups is 2. The summed E-state index contributed by atoms with van der Waals surface area (Å²) in [6.45, 7) is -2.04. The molecule has 2 N–H and O–H groups in total. The number of alkyl halides is 3. The Morgan fingerprint density at radius 2 is 1.95 bits per heavy atom. The smallest absolute Gasteiger partial charge is 0.405 e. The molecule has 7 nitrogen and oxygen atoms in total. The van der Waals surface area contributed by atoms with Crippen LogP contribution < -0.4 is 5.32 Å². The fourth-order valence-electron chi connectivity index (χ4n) is 1.96. The van der Waals surface area contributed by atoms with E-state index < -0.39 is 59.2 Å². The first-order valence-electron chi connectivity index (χ1n) is 5.98. The van der Waals surface area contributed by atoms with Crippen molar-refractivity contribution in [3.63, 3.8) is 0 Å². The van der Waals surface area contributed by atoms with Crippen molar-refractivity contribution in [1.29, 1.82) is 0 Å². The number of aliphatic carboxylic acids is 1. The lowest BCUT2D eigenvalue weighted by Gasteiger charge is -2.33. The highest BCUT2D eigenvalue weighted by molar-refractivity contribution is 7.91. The van der Waals surface area contributed by atoms with Gasteiger partial charge in [0.1, 0.15) is 6.54 Å². The Morgan fingerprint density at radius 3 is 2.48 bits per heavy atom. The zero-order valence-electron chi connectivity index (χ0n) is 10.9. The van der Waals surface area contributed by atoms with Crippen LogP contribution in [0.2, 0.25) is 0 Å². The number of sulfone groups is 1. The molecule has 1 unspecified atom stereocenters. The maximum atomic E-state index is 12.0. The van der Waals surface area contributed by atoms with Crippen molar-refractivity contribution < 1.29 is 36.3 Å². The van der Waals surface area contributed by atoms with Crippen molar-refractivity contribution in [2.75, 3.05) is 31.1 Å². The molecule has 0 radical (unpaired) electrons. The van der Waals surface area contributed by atoms with Gasteiger partial charge in [0.05, 0.1) is 24.5 Å². The monoisotopic (exact) mass is 332 g/mol. The van der Waals surface area contributed by atoms with Crippen molar-refractivity contribution in [3.05, 3.63) is 0 Å². The molecule has 0 aromatic carbocycles. The van der Waals surface area contributed by atoms with Gasteiger partial charge < -0.3 is 10.4 Å². The maximum Gasteiger partial charge on any atom is 0.405 e. The van der Waals surface area contributed by atoms with Crippen molar-refractivity contribution >= 4 is 21.7 Å². The van der Waals surface area contributed by atoms with E-state index in [4.69, 9.17) is 5.11 Å². The minimum atomic E-state index is -4.54. The van der Waals surface area contributed by atoms with Gasteiger partial charge >= 0.3 is 12.1 Å². The molecule has 1 heterocycles. The molecule has 0 spiro atoms. The van der Waals surface area contributed by atoms with Crippen LogP contribution in [0.15, 0.2) is 0 Å². The van der Waals surface area contributed by atoms with Crippen LogP contribution in [0.1, 0.15) is 6.42 Å². The van der Waals surface area contributed by atoms with Gasteiger partial charge in [0.2, 0.25) is 5.91 Å². The summed E-state index contributed by atoms with van der Waals surface area (Å²) in [5.41, 5.74) is 0. The number of hydrogen-bond donors (Lipinski definition) is 2. The van der Waals surface area contributed by atoms with E-state index in [9.17, 15) is 31.2 Å². The maximum absolute atomic E-state index is 12.0. The van der Waals surface area contributed by atoms with Gasteiger partial charge in [-0.25, -0.2) is 8.42 Å². The second kappa shape index (κ2) is 6.60. The van der Waals surface area contributed by atoms with Crippen molar-refractivity contribution in [1.82, 2.24) is 10.2 Å². The summed E-state index contributed by atoms with van der Waals surface area (Å²) >= 11 is 0. The molecule has 1 fully saturated rings. The van der Waals surface area contributed by atoms with Gasteiger partial charge in [0, 0.05) is 12.6 Å². The summed E-state index contributed by atoms with van der Waals surface area (Å²) in [6.07, 6.45) is -5.03. The highest BCUT2D eigenvalue weighted by Crippen LogP contribution is 2.15. The second-order valence-electron chi connectivity index (χ2n) is 4.73. The molecule has 0 saturated carbocycles. The molecule has 1 atom stereocenters. The van der Waals surface area contributed by atoms with Gasteiger partial charge in [-0.2, -0.15) is 13.2 Å². The first kappa shape index (κ1) is 17.7. The summed E-state index contributed by atoms with van der Waals surface area (Å²) in [6, 6.07) is -0.919. The largest absolute Gasteiger partial charge is 0.481 e. The molecule has 21 heavy (non-hydrogen) atoms. The van der Waals surface area contributed by atoms with Crippen molar-refractivity contribution in [2.24, 2.45) is 0 Å². The number of carboxylic acid groups (broad SMARTS) is 1. The number of carboxylic acids is 1. The van der Waals surface area contributed by atoms with E-state index in [-0.39, 0.29) is 12.3 Å². The van der Waals surface area contributed by atoms with Crippen LogP contribution in [0, 0.1) is 0 Å². The Labute approximate surface area is 119 Å². The van der Waals surface area contributed by atoms with Crippen LogP contribution in [-0.4, -0.2) is 73.7 Å². The SMILES string of the molecule is O=C(O)CC1CS(=O)(=O)CCN1CC(=O)NCC(F)(F)F. The Bertz CT molecular complexity index is 505. The molecule has 1 rings (SSSR count). The highest BCUT2D eigenvalue weighted by Gasteiger charge is 2.34. The highest BCUT2D eigenvalue weighted by atomic mass is 32.2. The minimum Gasteiger partial charge on any atom is -0.481 e. The first-order valence-corrected chi connectivity index (χ1v) is 7.80. The van der Waals surface area contributed by atoms with E-state index in [1.54, 1.807) is 5.32 Å². The number of amides is 1. The van der Waals surface area contributed by atoms with Gasteiger partial charge in [-0.1, -0.05) is 0 Å². The number of rotatable bonds is 5. The molecule has 0 aliphatic carbocycles. The summed E-state index contributed by atoms with van der Waals surface area (Å²) in [5, 5.41) is 10.4. The molecule has 1 aliphatic rings. The predicted octanol–water partition coefficient (Wildman–Crippen LogP) is -0.761. The van der Waals surface area contributed by atoms with Crippen LogP contribution in [0.5, 0.6) is 0 Å². The summed E-state index contributed by atoms with van der Waals surface area (Å²) in [5.74, 6) is -2.85. The molecule has 122 valence electrons. The van der Waals surface area contributed by atoms with Crippen LogP contribution in [-0.2, 0) is 19.4 Å². The molecule has 1 aliphatic heterocycles. The molecule has 1 amide bonds. The fourth-order valence-corrected chi connectivity index (χ4v) is 3.55. The zero-order chi connectivity index (χ0) is 16.3. The molecule has 1 saturated heterocycles. The van der Waals surface area contributed by atoms with Crippen LogP contribution in [0.3, 0.4) is 0 Å². The lowest BCUT2D eigenvalue weighted by Crippen LogP contribution is -2.53. The molecule has 0 bridgehead atoms. The topological polar surface area (TPSA) is 104 Å².